The summed E-state index contributed by atoms with van der Waals surface area (Å²) in [6.45, 7) is 4.00. The SMILES string of the molecule is Cc1nc(-c2ccccc2)c(C(=O)N2C[C@@H]3C[C@H](C2)c2cccc(=O)n2C3)s1. The molecule has 0 aliphatic carbocycles. The minimum absolute atomic E-state index is 0.0610. The average molecular weight is 391 g/mol. The minimum atomic E-state index is 0.0610. The van der Waals surface area contributed by atoms with Crippen LogP contribution in [-0.2, 0) is 6.54 Å². The summed E-state index contributed by atoms with van der Waals surface area (Å²) >= 11 is 1.47. The van der Waals surface area contributed by atoms with Crippen molar-refractivity contribution >= 4 is 17.2 Å². The second kappa shape index (κ2) is 6.71. The molecule has 4 heterocycles. The highest BCUT2D eigenvalue weighted by atomic mass is 32.1. The lowest BCUT2D eigenvalue weighted by Gasteiger charge is -2.42. The van der Waals surface area contributed by atoms with Gasteiger partial charge < -0.3 is 9.47 Å². The molecule has 1 aromatic carbocycles. The largest absolute Gasteiger partial charge is 0.337 e. The number of amides is 1. The normalized spacial score (nSPS) is 20.7. The van der Waals surface area contributed by atoms with Crippen LogP contribution >= 0.6 is 11.3 Å². The van der Waals surface area contributed by atoms with Gasteiger partial charge in [-0.1, -0.05) is 36.4 Å². The predicted octanol–water partition coefficient (Wildman–Crippen LogP) is 3.54. The molecular weight excluding hydrogens is 370 g/mol. The molecule has 0 N–H and O–H groups in total. The molecule has 6 heteroatoms. The van der Waals surface area contributed by atoms with E-state index in [0.717, 1.165) is 28.4 Å². The second-order valence-corrected chi connectivity index (χ2v) is 8.89. The van der Waals surface area contributed by atoms with Crippen LogP contribution in [0.25, 0.3) is 11.3 Å². The highest BCUT2D eigenvalue weighted by Gasteiger charge is 2.37. The van der Waals surface area contributed by atoms with Crippen LogP contribution in [0.5, 0.6) is 0 Å². The zero-order chi connectivity index (χ0) is 19.3. The molecule has 2 aliphatic rings. The van der Waals surface area contributed by atoms with Gasteiger partial charge in [0.2, 0.25) is 0 Å². The van der Waals surface area contributed by atoms with Crippen molar-refractivity contribution in [3.63, 3.8) is 0 Å². The number of hydrogen-bond donors (Lipinski definition) is 0. The van der Waals surface area contributed by atoms with Gasteiger partial charge in [0.05, 0.1) is 10.7 Å². The molecule has 0 unspecified atom stereocenters. The maximum absolute atomic E-state index is 13.4. The molecule has 3 aromatic rings. The van der Waals surface area contributed by atoms with Gasteiger partial charge in [0.25, 0.3) is 11.5 Å². The lowest BCUT2D eigenvalue weighted by atomic mass is 9.83. The smallest absolute Gasteiger partial charge is 0.266 e. The van der Waals surface area contributed by atoms with Crippen molar-refractivity contribution in [1.82, 2.24) is 14.5 Å². The first-order valence-corrected chi connectivity index (χ1v) is 10.4. The summed E-state index contributed by atoms with van der Waals surface area (Å²) in [6.07, 6.45) is 1.04. The van der Waals surface area contributed by atoms with E-state index in [-0.39, 0.29) is 17.4 Å². The molecule has 2 bridgehead atoms. The number of hydrogen-bond acceptors (Lipinski definition) is 4. The lowest BCUT2D eigenvalue weighted by molar-refractivity contribution is 0.0600. The maximum atomic E-state index is 13.4. The van der Waals surface area contributed by atoms with Crippen LogP contribution in [-0.4, -0.2) is 33.4 Å². The van der Waals surface area contributed by atoms with Crippen LogP contribution < -0.4 is 5.56 Å². The molecule has 142 valence electrons. The number of piperidine rings is 1. The molecular formula is C22H21N3O2S. The number of aryl methyl sites for hydroxylation is 1. The summed E-state index contributed by atoms with van der Waals surface area (Å²) in [6, 6.07) is 15.4. The quantitative estimate of drug-likeness (QED) is 0.671. The molecule has 5 rings (SSSR count). The van der Waals surface area contributed by atoms with Gasteiger partial charge in [-0.25, -0.2) is 4.98 Å². The van der Waals surface area contributed by atoms with Crippen LogP contribution in [0, 0.1) is 12.8 Å². The Hall–Kier alpha value is -2.73. The number of carbonyl (C=O) groups excluding carboxylic acids is 1. The van der Waals surface area contributed by atoms with Crippen molar-refractivity contribution in [3.8, 4) is 11.3 Å². The summed E-state index contributed by atoms with van der Waals surface area (Å²) in [5.41, 5.74) is 2.88. The maximum Gasteiger partial charge on any atom is 0.266 e. The van der Waals surface area contributed by atoms with Crippen molar-refractivity contribution in [3.05, 3.63) is 74.5 Å². The van der Waals surface area contributed by atoms with Crippen molar-refractivity contribution in [2.75, 3.05) is 13.1 Å². The standard InChI is InChI=1S/C22H21N3O2S/c1-14-23-20(16-6-3-2-4-7-16)21(28-14)22(27)24-11-15-10-17(13-24)18-8-5-9-19(26)25(18)12-15/h2-9,15,17H,10-13H2,1H3/t15-,17+/m0/s1. The number of carbonyl (C=O) groups is 1. The molecule has 0 spiro atoms. The highest BCUT2D eigenvalue weighted by Crippen LogP contribution is 2.37. The van der Waals surface area contributed by atoms with Crippen LogP contribution in [0.3, 0.4) is 0 Å². The summed E-state index contributed by atoms with van der Waals surface area (Å²) < 4.78 is 1.90. The first kappa shape index (κ1) is 17.4. The fraction of sp³-hybridized carbons (Fsp3) is 0.318. The molecule has 0 saturated carbocycles. The van der Waals surface area contributed by atoms with Gasteiger partial charge in [-0.05, 0) is 25.3 Å². The second-order valence-electron chi connectivity index (χ2n) is 7.68. The summed E-state index contributed by atoms with van der Waals surface area (Å²) in [4.78, 5) is 33.0. The number of nitrogens with zero attached hydrogens (tertiary/aromatic N) is 3. The lowest BCUT2D eigenvalue weighted by Crippen LogP contribution is -2.49. The van der Waals surface area contributed by atoms with Crippen molar-refractivity contribution in [2.45, 2.75) is 25.8 Å². The number of benzene rings is 1. The number of pyridine rings is 1. The Balaban J connectivity index is 1.48. The van der Waals surface area contributed by atoms with E-state index in [1.807, 2.05) is 58.9 Å². The molecule has 2 atom stereocenters. The van der Waals surface area contributed by atoms with Gasteiger partial charge in [0.15, 0.2) is 0 Å². The van der Waals surface area contributed by atoms with E-state index in [1.165, 1.54) is 11.3 Å². The third kappa shape index (κ3) is 2.88. The van der Waals surface area contributed by atoms with E-state index in [2.05, 4.69) is 4.98 Å². The molecule has 2 aliphatic heterocycles. The van der Waals surface area contributed by atoms with Gasteiger partial charge >= 0.3 is 0 Å². The Morgan fingerprint density at radius 1 is 1.07 bits per heavy atom. The van der Waals surface area contributed by atoms with Gasteiger partial charge in [0, 0.05) is 42.9 Å². The third-order valence-electron chi connectivity index (χ3n) is 5.74. The van der Waals surface area contributed by atoms with E-state index < -0.39 is 0 Å². The molecule has 1 fully saturated rings. The zero-order valence-electron chi connectivity index (χ0n) is 15.7. The van der Waals surface area contributed by atoms with Crippen LogP contribution in [0.4, 0.5) is 0 Å². The molecule has 1 saturated heterocycles. The molecule has 28 heavy (non-hydrogen) atoms. The fourth-order valence-electron chi connectivity index (χ4n) is 4.57. The van der Waals surface area contributed by atoms with Gasteiger partial charge in [0.1, 0.15) is 4.88 Å². The van der Waals surface area contributed by atoms with E-state index in [4.69, 9.17) is 0 Å². The van der Waals surface area contributed by atoms with Crippen molar-refractivity contribution in [2.24, 2.45) is 5.92 Å². The number of thiazole rings is 1. The van der Waals surface area contributed by atoms with E-state index in [9.17, 15) is 9.59 Å². The molecule has 5 nitrogen and oxygen atoms in total. The Labute approximate surface area is 167 Å². The summed E-state index contributed by atoms with van der Waals surface area (Å²) in [5.74, 6) is 0.606. The first-order chi connectivity index (χ1) is 13.6. The predicted molar refractivity (Wildman–Crippen MR) is 110 cm³/mol. The Morgan fingerprint density at radius 3 is 2.71 bits per heavy atom. The molecule has 0 radical (unpaired) electrons. The molecule has 1 amide bonds. The van der Waals surface area contributed by atoms with Gasteiger partial charge in [-0.3, -0.25) is 9.59 Å². The topological polar surface area (TPSA) is 55.2 Å². The summed E-state index contributed by atoms with van der Waals surface area (Å²) in [7, 11) is 0. The number of likely N-dealkylation sites (tertiary alicyclic amines) is 1. The third-order valence-corrected chi connectivity index (χ3v) is 6.70. The monoisotopic (exact) mass is 391 g/mol. The number of aromatic nitrogens is 2. The molecule has 2 aromatic heterocycles. The van der Waals surface area contributed by atoms with Crippen LogP contribution in [0.15, 0.2) is 53.3 Å². The Bertz CT molecular complexity index is 1100. The van der Waals surface area contributed by atoms with E-state index in [0.29, 0.717) is 30.4 Å². The Morgan fingerprint density at radius 2 is 1.89 bits per heavy atom. The van der Waals surface area contributed by atoms with Crippen LogP contribution in [0.2, 0.25) is 0 Å². The number of rotatable bonds is 2. The summed E-state index contributed by atoms with van der Waals surface area (Å²) in [5, 5.41) is 0.899. The Kier molecular flexibility index (Phi) is 4.16. The van der Waals surface area contributed by atoms with Gasteiger partial charge in [-0.15, -0.1) is 11.3 Å². The average Bonchev–Trinajstić information content (AvgIpc) is 3.10. The zero-order valence-corrected chi connectivity index (χ0v) is 16.5. The highest BCUT2D eigenvalue weighted by molar-refractivity contribution is 7.14. The van der Waals surface area contributed by atoms with Crippen LogP contribution in [0.1, 0.15) is 32.7 Å². The van der Waals surface area contributed by atoms with Crippen molar-refractivity contribution in [1.29, 1.82) is 0 Å². The van der Waals surface area contributed by atoms with E-state index in [1.54, 1.807) is 6.07 Å². The number of fused-ring (bicyclic) bond motifs is 4. The minimum Gasteiger partial charge on any atom is -0.337 e. The fourth-order valence-corrected chi connectivity index (χ4v) is 5.48. The van der Waals surface area contributed by atoms with Gasteiger partial charge in [-0.2, -0.15) is 0 Å². The van der Waals surface area contributed by atoms with Crippen molar-refractivity contribution < 1.29 is 4.79 Å². The van der Waals surface area contributed by atoms with E-state index >= 15 is 0 Å². The first-order valence-electron chi connectivity index (χ1n) is 9.62.